The predicted octanol–water partition coefficient (Wildman–Crippen LogP) is 1.13. The van der Waals surface area contributed by atoms with Crippen molar-refractivity contribution in [3.05, 3.63) is 48.0 Å². The van der Waals surface area contributed by atoms with Crippen molar-refractivity contribution < 1.29 is 9.84 Å². The summed E-state index contributed by atoms with van der Waals surface area (Å²) in [7, 11) is 1.88. The van der Waals surface area contributed by atoms with E-state index in [4.69, 9.17) is 10.5 Å². The van der Waals surface area contributed by atoms with E-state index in [0.29, 0.717) is 19.6 Å². The number of benzene rings is 1. The summed E-state index contributed by atoms with van der Waals surface area (Å²) in [4.78, 5) is 4.09. The van der Waals surface area contributed by atoms with Gasteiger partial charge in [-0.25, -0.2) is 4.98 Å². The molecule has 0 spiro atoms. The molecule has 20 heavy (non-hydrogen) atoms. The molecule has 1 aromatic carbocycles. The van der Waals surface area contributed by atoms with Crippen LogP contribution in [0.4, 0.5) is 0 Å². The molecule has 1 aliphatic rings. The largest absolute Gasteiger partial charge is 0.493 e. The normalized spacial score (nSPS) is 22.9. The van der Waals surface area contributed by atoms with E-state index in [1.807, 2.05) is 35.9 Å². The number of rotatable bonds is 3. The van der Waals surface area contributed by atoms with Gasteiger partial charge in [0.25, 0.3) is 0 Å². The maximum atomic E-state index is 10.9. The third-order valence-corrected chi connectivity index (χ3v) is 4.25. The van der Waals surface area contributed by atoms with Crippen molar-refractivity contribution in [1.29, 1.82) is 0 Å². The molecule has 0 saturated heterocycles. The Hall–Kier alpha value is -1.85. The van der Waals surface area contributed by atoms with E-state index in [0.717, 1.165) is 17.0 Å². The number of aliphatic hydroxyl groups is 1. The minimum Gasteiger partial charge on any atom is -0.493 e. The molecule has 2 atom stereocenters. The van der Waals surface area contributed by atoms with E-state index in [1.54, 1.807) is 12.5 Å². The fraction of sp³-hybridized carbons (Fsp3) is 0.400. The van der Waals surface area contributed by atoms with E-state index >= 15 is 0 Å². The third kappa shape index (κ3) is 1.82. The van der Waals surface area contributed by atoms with Crippen molar-refractivity contribution in [1.82, 2.24) is 9.55 Å². The molecule has 0 amide bonds. The number of para-hydroxylation sites is 1. The number of aliphatic hydroxyl groups excluding tert-OH is 1. The Labute approximate surface area is 118 Å². The Kier molecular flexibility index (Phi) is 3.23. The highest BCUT2D eigenvalue weighted by molar-refractivity contribution is 5.43. The van der Waals surface area contributed by atoms with Crippen LogP contribution < -0.4 is 10.5 Å². The average Bonchev–Trinajstić information content (AvgIpc) is 2.92. The number of hydrogen-bond donors (Lipinski definition) is 2. The number of aryl methyl sites for hydroxylation is 1. The number of nitrogens with zero attached hydrogens (tertiary/aromatic N) is 2. The van der Waals surface area contributed by atoms with Gasteiger partial charge >= 0.3 is 0 Å². The first-order valence-corrected chi connectivity index (χ1v) is 6.76. The van der Waals surface area contributed by atoms with Gasteiger partial charge in [-0.3, -0.25) is 0 Å². The van der Waals surface area contributed by atoms with Crippen molar-refractivity contribution >= 4 is 0 Å². The second-order valence-electron chi connectivity index (χ2n) is 5.29. The van der Waals surface area contributed by atoms with E-state index in [2.05, 4.69) is 4.98 Å². The maximum absolute atomic E-state index is 10.9. The first kappa shape index (κ1) is 13.1. The molecule has 3 N–H and O–H groups in total. The summed E-state index contributed by atoms with van der Waals surface area (Å²) in [6.45, 7) is 0.919. The molecule has 0 saturated carbocycles. The van der Waals surface area contributed by atoms with E-state index in [1.165, 1.54) is 0 Å². The van der Waals surface area contributed by atoms with Gasteiger partial charge in [0.2, 0.25) is 0 Å². The lowest BCUT2D eigenvalue weighted by Crippen LogP contribution is -2.45. The molecule has 5 heteroatoms. The summed E-state index contributed by atoms with van der Waals surface area (Å²) in [5.74, 6) is 0.811. The monoisotopic (exact) mass is 273 g/mol. The lowest BCUT2D eigenvalue weighted by Gasteiger charge is -2.41. The van der Waals surface area contributed by atoms with E-state index in [9.17, 15) is 5.11 Å². The van der Waals surface area contributed by atoms with Gasteiger partial charge in [-0.2, -0.15) is 0 Å². The van der Waals surface area contributed by atoms with Crippen LogP contribution in [-0.2, 0) is 12.5 Å². The minimum absolute atomic E-state index is 0.361. The standard InChI is InChI=1S/C15H19N3O2/c1-18-10-17-8-12(18)14(19)15(9-16)6-7-20-13-5-3-2-4-11(13)15/h2-5,8,10,14,19H,6-7,9,16H2,1H3. The summed E-state index contributed by atoms with van der Waals surface area (Å²) in [6.07, 6.45) is 3.37. The van der Waals surface area contributed by atoms with Crippen molar-refractivity contribution in [2.24, 2.45) is 12.8 Å². The molecule has 1 aliphatic heterocycles. The second-order valence-corrected chi connectivity index (χ2v) is 5.29. The molecule has 0 radical (unpaired) electrons. The molecule has 2 heterocycles. The number of fused-ring (bicyclic) bond motifs is 1. The maximum Gasteiger partial charge on any atom is 0.123 e. The van der Waals surface area contributed by atoms with Crippen LogP contribution in [0.5, 0.6) is 5.75 Å². The highest BCUT2D eigenvalue weighted by Gasteiger charge is 2.44. The molecule has 0 bridgehead atoms. The molecular weight excluding hydrogens is 254 g/mol. The second kappa shape index (κ2) is 4.92. The Morgan fingerprint density at radius 3 is 3.00 bits per heavy atom. The average molecular weight is 273 g/mol. The van der Waals surface area contributed by atoms with E-state index in [-0.39, 0.29) is 0 Å². The van der Waals surface area contributed by atoms with Crippen molar-refractivity contribution in [3.63, 3.8) is 0 Å². The number of aromatic nitrogens is 2. The van der Waals surface area contributed by atoms with Crippen molar-refractivity contribution in [2.45, 2.75) is 17.9 Å². The minimum atomic E-state index is -0.704. The third-order valence-electron chi connectivity index (χ3n) is 4.25. The number of nitrogens with two attached hydrogens (primary N) is 1. The number of imidazole rings is 1. The lowest BCUT2D eigenvalue weighted by atomic mass is 9.70. The van der Waals surface area contributed by atoms with Gasteiger partial charge < -0.3 is 20.1 Å². The fourth-order valence-electron chi connectivity index (χ4n) is 3.00. The van der Waals surface area contributed by atoms with Crippen LogP contribution in [0.2, 0.25) is 0 Å². The van der Waals surface area contributed by atoms with E-state index < -0.39 is 11.5 Å². The fourth-order valence-corrected chi connectivity index (χ4v) is 3.00. The Balaban J connectivity index is 2.11. The van der Waals surface area contributed by atoms with Crippen molar-refractivity contribution in [3.8, 4) is 5.75 Å². The number of ether oxygens (including phenoxy) is 1. The summed E-state index contributed by atoms with van der Waals surface area (Å²) in [6, 6.07) is 7.80. The zero-order valence-electron chi connectivity index (χ0n) is 11.5. The zero-order valence-corrected chi connectivity index (χ0v) is 11.5. The quantitative estimate of drug-likeness (QED) is 0.879. The van der Waals surface area contributed by atoms with Crippen LogP contribution >= 0.6 is 0 Å². The predicted molar refractivity (Wildman–Crippen MR) is 75.5 cm³/mol. The molecule has 0 fully saturated rings. The van der Waals surface area contributed by atoms with Crippen LogP contribution in [0.3, 0.4) is 0 Å². The molecular formula is C15H19N3O2. The highest BCUT2D eigenvalue weighted by Crippen LogP contribution is 2.45. The first-order chi connectivity index (χ1) is 9.69. The van der Waals surface area contributed by atoms with Gasteiger partial charge in [0.05, 0.1) is 24.8 Å². The molecule has 2 aromatic rings. The van der Waals surface area contributed by atoms with Crippen LogP contribution in [0.15, 0.2) is 36.8 Å². The van der Waals surface area contributed by atoms with Gasteiger partial charge in [0, 0.05) is 24.6 Å². The lowest BCUT2D eigenvalue weighted by molar-refractivity contribution is 0.0484. The first-order valence-electron chi connectivity index (χ1n) is 6.76. The molecule has 3 rings (SSSR count). The van der Waals surface area contributed by atoms with Gasteiger partial charge in [0.1, 0.15) is 11.9 Å². The Bertz CT molecular complexity index is 611. The SMILES string of the molecule is Cn1cncc1C(O)C1(CN)CCOc2ccccc21. The molecule has 1 aromatic heterocycles. The van der Waals surface area contributed by atoms with Crippen LogP contribution in [0.1, 0.15) is 23.8 Å². The van der Waals surface area contributed by atoms with Crippen LogP contribution in [-0.4, -0.2) is 27.8 Å². The highest BCUT2D eigenvalue weighted by atomic mass is 16.5. The zero-order chi connectivity index (χ0) is 14.2. The van der Waals surface area contributed by atoms with Crippen LogP contribution in [0.25, 0.3) is 0 Å². The van der Waals surface area contributed by atoms with Gasteiger partial charge in [0.15, 0.2) is 0 Å². The molecule has 0 aliphatic carbocycles. The van der Waals surface area contributed by atoms with Crippen molar-refractivity contribution in [2.75, 3.05) is 13.2 Å². The molecule has 106 valence electrons. The van der Waals surface area contributed by atoms with Gasteiger partial charge in [-0.05, 0) is 12.5 Å². The molecule has 2 unspecified atom stereocenters. The smallest absolute Gasteiger partial charge is 0.123 e. The number of hydrogen-bond acceptors (Lipinski definition) is 4. The molecule has 5 nitrogen and oxygen atoms in total. The van der Waals surface area contributed by atoms with Gasteiger partial charge in [-0.15, -0.1) is 0 Å². The topological polar surface area (TPSA) is 73.3 Å². The Morgan fingerprint density at radius 1 is 1.50 bits per heavy atom. The summed E-state index contributed by atoms with van der Waals surface area (Å²) >= 11 is 0. The Morgan fingerprint density at radius 2 is 2.30 bits per heavy atom. The summed E-state index contributed by atoms with van der Waals surface area (Å²) < 4.78 is 7.52. The summed E-state index contributed by atoms with van der Waals surface area (Å²) in [5, 5.41) is 10.9. The van der Waals surface area contributed by atoms with Gasteiger partial charge in [-0.1, -0.05) is 18.2 Å². The summed E-state index contributed by atoms with van der Waals surface area (Å²) in [5.41, 5.74) is 7.28. The van der Waals surface area contributed by atoms with Crippen LogP contribution in [0, 0.1) is 0 Å².